The Labute approximate surface area is 166 Å². The Morgan fingerprint density at radius 1 is 1.27 bits per heavy atom. The van der Waals surface area contributed by atoms with Gasteiger partial charge in [-0.3, -0.25) is 4.79 Å². The van der Waals surface area contributed by atoms with Gasteiger partial charge in [0.25, 0.3) is 5.91 Å². The number of rotatable bonds is 5. The van der Waals surface area contributed by atoms with Crippen molar-refractivity contribution in [2.45, 2.75) is 25.9 Å². The van der Waals surface area contributed by atoms with E-state index >= 15 is 4.39 Å². The van der Waals surface area contributed by atoms with E-state index in [2.05, 4.69) is 10.6 Å². The predicted molar refractivity (Wildman–Crippen MR) is 106 cm³/mol. The Morgan fingerprint density at radius 2 is 1.92 bits per heavy atom. The van der Waals surface area contributed by atoms with E-state index in [4.69, 9.17) is 23.2 Å². The van der Waals surface area contributed by atoms with Crippen molar-refractivity contribution >= 4 is 40.4 Å². The number of aryl methyl sites for hydroxylation is 1. The highest BCUT2D eigenvalue weighted by Crippen LogP contribution is 2.45. The topological polar surface area (TPSA) is 41.1 Å². The summed E-state index contributed by atoms with van der Waals surface area (Å²) in [5.74, 6) is -0.290. The van der Waals surface area contributed by atoms with Crippen molar-refractivity contribution in [1.82, 2.24) is 10.6 Å². The maximum atomic E-state index is 15.5. The van der Waals surface area contributed by atoms with E-state index in [1.807, 2.05) is 19.1 Å². The van der Waals surface area contributed by atoms with Gasteiger partial charge in [0.05, 0.1) is 0 Å². The zero-order valence-corrected chi connectivity index (χ0v) is 16.8. The summed E-state index contributed by atoms with van der Waals surface area (Å²) in [5, 5.41) is 6.98. The maximum Gasteiger partial charge on any atom is 0.251 e. The summed E-state index contributed by atoms with van der Waals surface area (Å²) in [6.45, 7) is 3.73. The molecule has 2 aromatic rings. The highest BCUT2D eigenvalue weighted by molar-refractivity contribution is 7.12. The molecule has 1 amide bonds. The minimum absolute atomic E-state index is 0.274. The number of benzene rings is 1. The lowest BCUT2D eigenvalue weighted by Crippen LogP contribution is -2.47. The van der Waals surface area contributed by atoms with Gasteiger partial charge in [-0.2, -0.15) is 0 Å². The van der Waals surface area contributed by atoms with Gasteiger partial charge in [-0.1, -0.05) is 23.2 Å². The molecule has 26 heavy (non-hydrogen) atoms. The average Bonchev–Trinajstić information content (AvgIpc) is 3.05. The third-order valence-corrected chi connectivity index (χ3v) is 6.35. The van der Waals surface area contributed by atoms with Crippen LogP contribution in [-0.4, -0.2) is 25.5 Å². The first kappa shape index (κ1) is 19.6. The van der Waals surface area contributed by atoms with Crippen LogP contribution in [0.4, 0.5) is 4.39 Å². The normalized spacial score (nSPS) is 17.7. The molecule has 0 radical (unpaired) electrons. The molecule has 0 saturated carbocycles. The Kier molecular flexibility index (Phi) is 6.23. The Bertz CT molecular complexity index is 769. The van der Waals surface area contributed by atoms with E-state index in [1.54, 1.807) is 18.2 Å². The molecule has 1 aromatic carbocycles. The third-order valence-electron chi connectivity index (χ3n) is 4.87. The summed E-state index contributed by atoms with van der Waals surface area (Å²) in [4.78, 5) is 14.3. The van der Waals surface area contributed by atoms with Gasteiger partial charge in [-0.25, -0.2) is 4.39 Å². The van der Waals surface area contributed by atoms with Crippen molar-refractivity contribution in [3.63, 3.8) is 0 Å². The fraction of sp³-hybridized carbons (Fsp3) is 0.421. The van der Waals surface area contributed by atoms with Crippen molar-refractivity contribution in [2.24, 2.45) is 5.41 Å². The molecule has 0 bridgehead atoms. The molecule has 1 aromatic heterocycles. The summed E-state index contributed by atoms with van der Waals surface area (Å²) in [7, 11) is 0. The lowest BCUT2D eigenvalue weighted by molar-refractivity contribution is 0.0620. The van der Waals surface area contributed by atoms with Gasteiger partial charge in [0.1, 0.15) is 6.17 Å². The third kappa shape index (κ3) is 4.39. The van der Waals surface area contributed by atoms with Gasteiger partial charge in [0, 0.05) is 37.3 Å². The molecule has 140 valence electrons. The number of alkyl halides is 1. The number of halogens is 3. The molecule has 3 nitrogen and oxygen atoms in total. The van der Waals surface area contributed by atoms with Crippen molar-refractivity contribution in [1.29, 1.82) is 0 Å². The van der Waals surface area contributed by atoms with Crippen molar-refractivity contribution in [3.8, 4) is 0 Å². The van der Waals surface area contributed by atoms with E-state index in [0.29, 0.717) is 28.5 Å². The van der Waals surface area contributed by atoms with E-state index in [0.717, 1.165) is 22.8 Å². The van der Waals surface area contributed by atoms with Gasteiger partial charge >= 0.3 is 0 Å². The van der Waals surface area contributed by atoms with E-state index < -0.39 is 11.6 Å². The molecule has 1 aliphatic heterocycles. The highest BCUT2D eigenvalue weighted by atomic mass is 35.5. The average molecular weight is 415 g/mol. The van der Waals surface area contributed by atoms with Crippen LogP contribution in [0, 0.1) is 12.3 Å². The molecule has 7 heteroatoms. The Balaban J connectivity index is 1.77. The van der Waals surface area contributed by atoms with Crippen LogP contribution in [0.1, 0.15) is 39.1 Å². The minimum atomic E-state index is -1.11. The largest absolute Gasteiger partial charge is 0.351 e. The van der Waals surface area contributed by atoms with Crippen LogP contribution < -0.4 is 10.6 Å². The second kappa shape index (κ2) is 8.26. The monoisotopic (exact) mass is 414 g/mol. The first-order valence-electron chi connectivity index (χ1n) is 8.55. The van der Waals surface area contributed by atoms with Gasteiger partial charge in [-0.05, 0) is 63.2 Å². The molecular weight excluding hydrogens is 394 g/mol. The summed E-state index contributed by atoms with van der Waals surface area (Å²) in [6, 6.07) is 8.49. The van der Waals surface area contributed by atoms with Crippen LogP contribution in [0.5, 0.6) is 0 Å². The smallest absolute Gasteiger partial charge is 0.251 e. The zero-order valence-electron chi connectivity index (χ0n) is 14.5. The molecule has 2 N–H and O–H groups in total. The first-order chi connectivity index (χ1) is 12.4. The van der Waals surface area contributed by atoms with Gasteiger partial charge in [0.15, 0.2) is 0 Å². The van der Waals surface area contributed by atoms with Gasteiger partial charge in [0.2, 0.25) is 0 Å². The first-order valence-corrected chi connectivity index (χ1v) is 10.1. The summed E-state index contributed by atoms with van der Waals surface area (Å²) >= 11 is 13.4. The summed E-state index contributed by atoms with van der Waals surface area (Å²) < 4.78 is 15.5. The standard InChI is InChI=1S/C19H21Cl2FN2OS/c1-12-2-3-16(26-12)17(22)19(4-6-23-7-5-19)11-24-18(25)13-8-14(20)10-15(21)9-13/h2-3,8-10,17,23H,4-7,11H2,1H3,(H,24,25). The summed E-state index contributed by atoms with van der Waals surface area (Å²) in [6.07, 6.45) is 0.232. The van der Waals surface area contributed by atoms with E-state index in [9.17, 15) is 4.79 Å². The molecule has 1 saturated heterocycles. The molecule has 1 fully saturated rings. The van der Waals surface area contributed by atoms with Crippen LogP contribution in [0.2, 0.25) is 10.0 Å². The number of carbonyl (C=O) groups is 1. The van der Waals surface area contributed by atoms with Crippen LogP contribution in [0.15, 0.2) is 30.3 Å². The lowest BCUT2D eigenvalue weighted by atomic mass is 9.74. The fourth-order valence-electron chi connectivity index (χ4n) is 3.38. The van der Waals surface area contributed by atoms with Crippen LogP contribution in [0.25, 0.3) is 0 Å². The second-order valence-electron chi connectivity index (χ2n) is 6.76. The molecule has 1 aliphatic rings. The molecule has 0 aliphatic carbocycles. The SMILES string of the molecule is Cc1ccc(C(F)C2(CNC(=O)c3cc(Cl)cc(Cl)c3)CCNCC2)s1. The molecule has 3 rings (SSSR count). The number of hydrogen-bond donors (Lipinski definition) is 2. The fourth-order valence-corrected chi connectivity index (χ4v) is 4.90. The molecular formula is C19H21Cl2FN2OS. The lowest BCUT2D eigenvalue weighted by Gasteiger charge is -2.40. The number of amides is 1. The zero-order chi connectivity index (χ0) is 18.7. The highest BCUT2D eigenvalue weighted by Gasteiger charge is 2.42. The van der Waals surface area contributed by atoms with Gasteiger partial charge < -0.3 is 10.6 Å². The van der Waals surface area contributed by atoms with Crippen LogP contribution in [0.3, 0.4) is 0 Å². The summed E-state index contributed by atoms with van der Waals surface area (Å²) in [5.41, 5.74) is -0.227. The quantitative estimate of drug-likeness (QED) is 0.707. The number of hydrogen-bond acceptors (Lipinski definition) is 3. The van der Waals surface area contributed by atoms with Crippen molar-refractivity contribution in [3.05, 3.63) is 55.7 Å². The second-order valence-corrected chi connectivity index (χ2v) is 8.96. The molecule has 1 atom stereocenters. The minimum Gasteiger partial charge on any atom is -0.351 e. The molecule has 1 unspecified atom stereocenters. The van der Waals surface area contributed by atoms with Crippen molar-refractivity contribution < 1.29 is 9.18 Å². The Hall–Kier alpha value is -1.14. The molecule has 2 heterocycles. The van der Waals surface area contributed by atoms with Gasteiger partial charge in [-0.15, -0.1) is 11.3 Å². The van der Waals surface area contributed by atoms with Crippen LogP contribution in [-0.2, 0) is 0 Å². The molecule has 0 spiro atoms. The number of piperidine rings is 1. The van der Waals surface area contributed by atoms with Crippen LogP contribution >= 0.6 is 34.5 Å². The van der Waals surface area contributed by atoms with E-state index in [1.165, 1.54) is 11.3 Å². The predicted octanol–water partition coefficient (Wildman–Crippen LogP) is 5.17. The maximum absolute atomic E-state index is 15.5. The van der Waals surface area contributed by atoms with E-state index in [-0.39, 0.29) is 12.5 Å². The van der Waals surface area contributed by atoms with Crippen molar-refractivity contribution in [2.75, 3.05) is 19.6 Å². The Morgan fingerprint density at radius 3 is 2.50 bits per heavy atom. The number of thiophene rings is 1. The number of carbonyl (C=O) groups excluding carboxylic acids is 1. The number of nitrogens with one attached hydrogen (secondary N) is 2.